The second-order valence-electron chi connectivity index (χ2n) is 2.87. The van der Waals surface area contributed by atoms with Gasteiger partial charge < -0.3 is 0 Å². The lowest BCUT2D eigenvalue weighted by atomic mass is 10.4. The van der Waals surface area contributed by atoms with Gasteiger partial charge in [0.1, 0.15) is 17.6 Å². The Bertz CT molecular complexity index is 540. The molecule has 2 rings (SSSR count). The number of aromatic nitrogens is 4. The molecule has 2 aromatic heterocycles. The van der Waals surface area contributed by atoms with Crippen LogP contribution in [0.4, 0.5) is 0 Å². The number of aryl methyl sites for hydroxylation is 1. The number of halogens is 1. The summed E-state index contributed by atoms with van der Waals surface area (Å²) in [6, 6.07) is 3.60. The summed E-state index contributed by atoms with van der Waals surface area (Å²) in [5, 5.41) is 12.9. The van der Waals surface area contributed by atoms with Crippen LogP contribution < -0.4 is 0 Å². The average molecular weight is 311 g/mol. The minimum Gasteiger partial charge on any atom is -0.222 e. The maximum Gasteiger partial charge on any atom is 0.158 e. The normalized spacial score (nSPS) is 9.93. The van der Waals surface area contributed by atoms with Gasteiger partial charge in [-0.1, -0.05) is 0 Å². The SMILES string of the molecule is Cc1nc(C#N)cc(-n2cc(I)cn2)n1. The first kappa shape index (κ1) is 10.0. The molecule has 0 unspecified atom stereocenters. The first-order valence-corrected chi connectivity index (χ1v) is 5.23. The highest BCUT2D eigenvalue weighted by Gasteiger charge is 2.04. The quantitative estimate of drug-likeness (QED) is 0.748. The van der Waals surface area contributed by atoms with Crippen LogP contribution in [0.15, 0.2) is 18.5 Å². The van der Waals surface area contributed by atoms with Crippen molar-refractivity contribution in [2.45, 2.75) is 6.92 Å². The molecule has 5 nitrogen and oxygen atoms in total. The van der Waals surface area contributed by atoms with Crippen molar-refractivity contribution in [1.29, 1.82) is 5.26 Å². The molecule has 0 spiro atoms. The van der Waals surface area contributed by atoms with Gasteiger partial charge in [-0.15, -0.1) is 0 Å². The Hall–Kier alpha value is -1.49. The van der Waals surface area contributed by atoms with Crippen LogP contribution in [0.2, 0.25) is 0 Å². The predicted molar refractivity (Wildman–Crippen MR) is 61.3 cm³/mol. The molecule has 0 radical (unpaired) electrons. The molecule has 74 valence electrons. The van der Waals surface area contributed by atoms with Crippen LogP contribution in [0.5, 0.6) is 0 Å². The van der Waals surface area contributed by atoms with Crippen molar-refractivity contribution in [2.75, 3.05) is 0 Å². The number of hydrogen-bond donors (Lipinski definition) is 0. The number of rotatable bonds is 1. The molecule has 0 aliphatic carbocycles. The zero-order valence-electron chi connectivity index (χ0n) is 7.85. The van der Waals surface area contributed by atoms with Gasteiger partial charge in [0.05, 0.1) is 9.77 Å². The van der Waals surface area contributed by atoms with E-state index in [4.69, 9.17) is 5.26 Å². The smallest absolute Gasteiger partial charge is 0.158 e. The summed E-state index contributed by atoms with van der Waals surface area (Å²) in [4.78, 5) is 8.17. The maximum atomic E-state index is 8.77. The molecule has 0 aliphatic heterocycles. The van der Waals surface area contributed by atoms with E-state index in [0.717, 1.165) is 3.57 Å². The van der Waals surface area contributed by atoms with Crippen molar-refractivity contribution in [3.63, 3.8) is 0 Å². The van der Waals surface area contributed by atoms with Gasteiger partial charge in [-0.05, 0) is 29.5 Å². The first-order chi connectivity index (χ1) is 7.19. The van der Waals surface area contributed by atoms with E-state index < -0.39 is 0 Å². The molecule has 0 aromatic carbocycles. The minimum atomic E-state index is 0.350. The Morgan fingerprint density at radius 1 is 1.47 bits per heavy atom. The van der Waals surface area contributed by atoms with Crippen LogP contribution >= 0.6 is 22.6 Å². The third kappa shape index (κ3) is 2.12. The molecule has 0 atom stereocenters. The van der Waals surface area contributed by atoms with Crippen LogP contribution in [-0.2, 0) is 0 Å². The van der Waals surface area contributed by atoms with E-state index in [9.17, 15) is 0 Å². The summed E-state index contributed by atoms with van der Waals surface area (Å²) in [6.07, 6.45) is 3.56. The zero-order valence-corrected chi connectivity index (χ0v) is 10.0. The van der Waals surface area contributed by atoms with Gasteiger partial charge in [0.15, 0.2) is 5.82 Å². The summed E-state index contributed by atoms with van der Waals surface area (Å²) in [5.74, 6) is 1.18. The van der Waals surface area contributed by atoms with Gasteiger partial charge in [0.25, 0.3) is 0 Å². The van der Waals surface area contributed by atoms with E-state index in [1.54, 1.807) is 23.9 Å². The fourth-order valence-corrected chi connectivity index (χ4v) is 1.54. The largest absolute Gasteiger partial charge is 0.222 e. The lowest BCUT2D eigenvalue weighted by Crippen LogP contribution is -2.02. The summed E-state index contributed by atoms with van der Waals surface area (Å²) in [6.45, 7) is 1.75. The molecule has 2 heterocycles. The Kier molecular flexibility index (Phi) is 2.64. The van der Waals surface area contributed by atoms with Gasteiger partial charge in [0.2, 0.25) is 0 Å². The molecule has 0 aliphatic rings. The lowest BCUT2D eigenvalue weighted by molar-refractivity contribution is 0.825. The fourth-order valence-electron chi connectivity index (χ4n) is 1.15. The molecule has 0 fully saturated rings. The summed E-state index contributed by atoms with van der Waals surface area (Å²) in [5.41, 5.74) is 0.350. The Morgan fingerprint density at radius 3 is 2.87 bits per heavy atom. The van der Waals surface area contributed by atoms with Crippen molar-refractivity contribution >= 4 is 22.6 Å². The molecule has 6 heteroatoms. The third-order valence-electron chi connectivity index (χ3n) is 1.72. The van der Waals surface area contributed by atoms with Crippen LogP contribution in [0.25, 0.3) is 5.82 Å². The topological polar surface area (TPSA) is 67.4 Å². The third-order valence-corrected chi connectivity index (χ3v) is 2.28. The van der Waals surface area contributed by atoms with Gasteiger partial charge in [-0.3, -0.25) is 0 Å². The van der Waals surface area contributed by atoms with Gasteiger partial charge in [0, 0.05) is 12.3 Å². The number of nitrogens with zero attached hydrogens (tertiary/aromatic N) is 5. The van der Waals surface area contributed by atoms with E-state index in [1.807, 2.05) is 12.3 Å². The van der Waals surface area contributed by atoms with Crippen molar-refractivity contribution in [3.05, 3.63) is 33.5 Å². The Labute approximate surface area is 99.9 Å². The van der Waals surface area contributed by atoms with Crippen LogP contribution in [0.1, 0.15) is 11.5 Å². The maximum absolute atomic E-state index is 8.77. The molecule has 0 bridgehead atoms. The van der Waals surface area contributed by atoms with E-state index >= 15 is 0 Å². The molecular weight excluding hydrogens is 305 g/mol. The standard InChI is InChI=1S/C9H6IN5/c1-6-13-8(3-11)2-9(14-6)15-5-7(10)4-12-15/h2,4-5H,1H3. The van der Waals surface area contributed by atoms with Gasteiger partial charge in [-0.25, -0.2) is 14.6 Å². The van der Waals surface area contributed by atoms with Crippen LogP contribution in [-0.4, -0.2) is 19.7 Å². The molecule has 15 heavy (non-hydrogen) atoms. The second kappa shape index (κ2) is 3.94. The van der Waals surface area contributed by atoms with E-state index in [2.05, 4.69) is 37.7 Å². The Balaban J connectivity index is 2.54. The zero-order chi connectivity index (χ0) is 10.8. The van der Waals surface area contributed by atoms with E-state index in [0.29, 0.717) is 17.3 Å². The van der Waals surface area contributed by atoms with Crippen molar-refractivity contribution in [1.82, 2.24) is 19.7 Å². The van der Waals surface area contributed by atoms with Crippen molar-refractivity contribution < 1.29 is 0 Å². The molecule has 0 saturated heterocycles. The highest BCUT2D eigenvalue weighted by Crippen LogP contribution is 2.08. The van der Waals surface area contributed by atoms with E-state index in [1.165, 1.54) is 0 Å². The van der Waals surface area contributed by atoms with E-state index in [-0.39, 0.29) is 0 Å². The second-order valence-corrected chi connectivity index (χ2v) is 4.12. The minimum absolute atomic E-state index is 0.350. The molecule has 0 N–H and O–H groups in total. The van der Waals surface area contributed by atoms with Crippen molar-refractivity contribution in [3.8, 4) is 11.9 Å². The highest BCUT2D eigenvalue weighted by molar-refractivity contribution is 14.1. The van der Waals surface area contributed by atoms with Crippen molar-refractivity contribution in [2.24, 2.45) is 0 Å². The van der Waals surface area contributed by atoms with Crippen LogP contribution in [0.3, 0.4) is 0 Å². The molecular formula is C9H6IN5. The van der Waals surface area contributed by atoms with Gasteiger partial charge >= 0.3 is 0 Å². The first-order valence-electron chi connectivity index (χ1n) is 4.15. The van der Waals surface area contributed by atoms with Gasteiger partial charge in [-0.2, -0.15) is 10.4 Å². The molecule has 2 aromatic rings. The average Bonchev–Trinajstić information content (AvgIpc) is 2.64. The number of nitriles is 1. The summed E-state index contributed by atoms with van der Waals surface area (Å²) < 4.78 is 2.64. The summed E-state index contributed by atoms with van der Waals surface area (Å²) in [7, 11) is 0. The fraction of sp³-hybridized carbons (Fsp3) is 0.111. The highest BCUT2D eigenvalue weighted by atomic mass is 127. The monoisotopic (exact) mass is 311 g/mol. The number of hydrogen-bond acceptors (Lipinski definition) is 4. The summed E-state index contributed by atoms with van der Waals surface area (Å²) >= 11 is 2.16. The lowest BCUT2D eigenvalue weighted by Gasteiger charge is -2.01. The molecule has 0 saturated carbocycles. The Morgan fingerprint density at radius 2 is 2.27 bits per heavy atom. The molecule has 0 amide bonds. The van der Waals surface area contributed by atoms with Crippen LogP contribution in [0, 0.1) is 21.8 Å². The predicted octanol–water partition coefficient (Wildman–Crippen LogP) is 1.45.